The minimum absolute atomic E-state index is 0.0580. The van der Waals surface area contributed by atoms with E-state index in [-0.39, 0.29) is 17.8 Å². The molecule has 0 saturated carbocycles. The van der Waals surface area contributed by atoms with Crippen LogP contribution in [-0.2, 0) is 18.7 Å². The van der Waals surface area contributed by atoms with E-state index >= 15 is 0 Å². The molecule has 0 aliphatic rings. The average Bonchev–Trinajstić information content (AvgIpc) is 3.52. The van der Waals surface area contributed by atoms with E-state index in [0.29, 0.717) is 29.3 Å². The van der Waals surface area contributed by atoms with Crippen molar-refractivity contribution >= 4 is 40.3 Å². The predicted octanol–water partition coefficient (Wildman–Crippen LogP) is 6.52. The number of fused-ring (bicyclic) bond motifs is 1. The van der Waals surface area contributed by atoms with E-state index < -0.39 is 0 Å². The number of thioether (sulfide) groups is 1. The molecule has 6 nitrogen and oxygen atoms in total. The number of aromatic nitrogens is 3. The number of amides is 1. The molecule has 3 aromatic heterocycles. The lowest BCUT2D eigenvalue weighted by molar-refractivity contribution is 0.0939. The monoisotopic (exact) mass is 534 g/mol. The summed E-state index contributed by atoms with van der Waals surface area (Å²) in [6.45, 7) is 2.50. The molecule has 0 aliphatic heterocycles. The average molecular weight is 535 g/mol. The van der Waals surface area contributed by atoms with Gasteiger partial charge in [-0.1, -0.05) is 41.6 Å². The number of rotatable bonds is 9. The van der Waals surface area contributed by atoms with Crippen molar-refractivity contribution in [1.82, 2.24) is 19.9 Å². The van der Waals surface area contributed by atoms with Gasteiger partial charge in [-0.25, -0.2) is 9.37 Å². The Morgan fingerprint density at radius 1 is 1.19 bits per heavy atom. The molecule has 1 N–H and O–H groups in total. The maximum Gasteiger partial charge on any atom is 0.251 e. The van der Waals surface area contributed by atoms with E-state index in [1.165, 1.54) is 23.9 Å². The second-order valence-electron chi connectivity index (χ2n) is 8.72. The van der Waals surface area contributed by atoms with E-state index in [4.69, 9.17) is 21.0 Å². The van der Waals surface area contributed by atoms with Crippen LogP contribution in [0, 0.1) is 5.82 Å². The van der Waals surface area contributed by atoms with Crippen LogP contribution in [0.2, 0.25) is 5.02 Å². The Labute approximate surface area is 222 Å². The minimum atomic E-state index is -0.360. The Balaban J connectivity index is 1.30. The summed E-state index contributed by atoms with van der Waals surface area (Å²) in [5.74, 6) is 0.891. The van der Waals surface area contributed by atoms with Crippen molar-refractivity contribution in [2.24, 2.45) is 0 Å². The maximum absolute atomic E-state index is 13.4. The number of hydrogen-bond donors (Lipinski definition) is 1. The largest absolute Gasteiger partial charge is 0.469 e. The molecule has 37 heavy (non-hydrogen) atoms. The number of hydrogen-bond acceptors (Lipinski definition) is 5. The molecular formula is C28H24ClFN4O2S. The normalized spacial score (nSPS) is 12.1. The van der Waals surface area contributed by atoms with E-state index in [1.54, 1.807) is 24.7 Å². The van der Waals surface area contributed by atoms with Crippen LogP contribution in [0.4, 0.5) is 4.39 Å². The van der Waals surface area contributed by atoms with E-state index in [2.05, 4.69) is 14.9 Å². The first-order valence-corrected chi connectivity index (χ1v) is 13.1. The fourth-order valence-corrected chi connectivity index (χ4v) is 5.36. The number of carbonyl (C=O) groups excluding carboxylic acids is 1. The van der Waals surface area contributed by atoms with Gasteiger partial charge in [0.2, 0.25) is 0 Å². The Hall–Kier alpha value is -3.62. The van der Waals surface area contributed by atoms with Crippen molar-refractivity contribution in [3.8, 4) is 0 Å². The van der Waals surface area contributed by atoms with Crippen molar-refractivity contribution < 1.29 is 13.6 Å². The SMILES string of the molecule is C[C@@H](Cc1ccco1)NC(=O)c1ccc(Cn2c(SCc3ccc(F)cc3Cl)nc3ccncc32)cc1. The van der Waals surface area contributed by atoms with Crippen molar-refractivity contribution in [3.63, 3.8) is 0 Å². The third kappa shape index (κ3) is 6.03. The van der Waals surface area contributed by atoms with Gasteiger partial charge >= 0.3 is 0 Å². The standard InChI is InChI=1S/C28H24ClFN4O2S/c1-18(13-23-3-2-12-36-23)32-27(35)20-6-4-19(5-7-20)16-34-26-15-31-11-10-25(26)33-28(34)37-17-21-8-9-22(30)14-24(21)29/h2-12,14-15,18H,13,16-17H2,1H3,(H,32,35)/t18-/m0/s1. The van der Waals surface area contributed by atoms with Crippen LogP contribution < -0.4 is 5.32 Å². The summed E-state index contributed by atoms with van der Waals surface area (Å²) in [6.07, 6.45) is 5.76. The van der Waals surface area contributed by atoms with Crippen LogP contribution in [0.25, 0.3) is 11.0 Å². The summed E-state index contributed by atoms with van der Waals surface area (Å²) in [5, 5.41) is 4.21. The molecule has 0 radical (unpaired) electrons. The highest BCUT2D eigenvalue weighted by atomic mass is 35.5. The van der Waals surface area contributed by atoms with Crippen LogP contribution in [-0.4, -0.2) is 26.5 Å². The van der Waals surface area contributed by atoms with Gasteiger partial charge < -0.3 is 14.3 Å². The predicted molar refractivity (Wildman–Crippen MR) is 143 cm³/mol. The second-order valence-corrected chi connectivity index (χ2v) is 10.1. The maximum atomic E-state index is 13.4. The molecule has 1 atom stereocenters. The quantitative estimate of drug-likeness (QED) is 0.218. The highest BCUT2D eigenvalue weighted by molar-refractivity contribution is 7.98. The smallest absolute Gasteiger partial charge is 0.251 e. The van der Waals surface area contributed by atoms with Crippen LogP contribution in [0.3, 0.4) is 0 Å². The Morgan fingerprint density at radius 2 is 2.03 bits per heavy atom. The molecule has 1 amide bonds. The van der Waals surface area contributed by atoms with Crippen LogP contribution >= 0.6 is 23.4 Å². The molecular weight excluding hydrogens is 511 g/mol. The second kappa shape index (κ2) is 11.2. The Bertz CT molecular complexity index is 1520. The molecule has 5 aromatic rings. The molecule has 2 aromatic carbocycles. The molecule has 0 spiro atoms. The first kappa shape index (κ1) is 25.0. The summed E-state index contributed by atoms with van der Waals surface area (Å²) < 4.78 is 20.9. The summed E-state index contributed by atoms with van der Waals surface area (Å²) in [7, 11) is 0. The van der Waals surface area contributed by atoms with Gasteiger partial charge in [0.05, 0.1) is 30.0 Å². The minimum Gasteiger partial charge on any atom is -0.469 e. The van der Waals surface area contributed by atoms with E-state index in [0.717, 1.165) is 33.1 Å². The molecule has 0 saturated heterocycles. The number of nitrogens with zero attached hydrogens (tertiary/aromatic N) is 3. The zero-order chi connectivity index (χ0) is 25.8. The molecule has 0 bridgehead atoms. The third-order valence-corrected chi connectivity index (χ3v) is 7.29. The molecule has 0 fully saturated rings. The number of pyridine rings is 1. The van der Waals surface area contributed by atoms with Crippen LogP contribution in [0.15, 0.2) is 88.9 Å². The number of carbonyl (C=O) groups is 1. The highest BCUT2D eigenvalue weighted by Crippen LogP contribution is 2.30. The van der Waals surface area contributed by atoms with E-state index in [1.807, 2.05) is 49.4 Å². The Kier molecular flexibility index (Phi) is 7.58. The fraction of sp³-hybridized carbons (Fsp3) is 0.179. The van der Waals surface area contributed by atoms with Gasteiger partial charge in [0.1, 0.15) is 11.6 Å². The molecule has 0 unspecified atom stereocenters. The molecule has 188 valence electrons. The number of imidazole rings is 1. The topological polar surface area (TPSA) is 73.0 Å². The molecule has 0 aliphatic carbocycles. The third-order valence-electron chi connectivity index (χ3n) is 5.91. The van der Waals surface area contributed by atoms with Gasteiger partial charge in [0, 0.05) is 35.0 Å². The number of nitrogens with one attached hydrogen (secondary N) is 1. The van der Waals surface area contributed by atoms with Gasteiger partial charge in [-0.15, -0.1) is 0 Å². The first-order chi connectivity index (χ1) is 18.0. The summed E-state index contributed by atoms with van der Waals surface area (Å²) in [6, 6.07) is 17.5. The lowest BCUT2D eigenvalue weighted by atomic mass is 10.1. The van der Waals surface area contributed by atoms with Gasteiger partial charge in [0.15, 0.2) is 5.16 Å². The number of benzene rings is 2. The number of furan rings is 1. The molecule has 9 heteroatoms. The van der Waals surface area contributed by atoms with Gasteiger partial charge in [-0.3, -0.25) is 9.78 Å². The lowest BCUT2D eigenvalue weighted by Gasteiger charge is -2.13. The molecule has 3 heterocycles. The van der Waals surface area contributed by atoms with Gasteiger partial charge in [0.25, 0.3) is 5.91 Å². The first-order valence-electron chi connectivity index (χ1n) is 11.8. The zero-order valence-electron chi connectivity index (χ0n) is 20.0. The Morgan fingerprint density at radius 3 is 2.78 bits per heavy atom. The van der Waals surface area contributed by atoms with Crippen molar-refractivity contribution in [1.29, 1.82) is 0 Å². The van der Waals surface area contributed by atoms with Crippen LogP contribution in [0.5, 0.6) is 0 Å². The van der Waals surface area contributed by atoms with Gasteiger partial charge in [-0.05, 0) is 60.5 Å². The van der Waals surface area contributed by atoms with Crippen molar-refractivity contribution in [3.05, 3.63) is 113 Å². The van der Waals surface area contributed by atoms with Gasteiger partial charge in [-0.2, -0.15) is 0 Å². The van der Waals surface area contributed by atoms with Crippen molar-refractivity contribution in [2.45, 2.75) is 36.8 Å². The summed E-state index contributed by atoms with van der Waals surface area (Å²) in [4.78, 5) is 21.8. The zero-order valence-corrected chi connectivity index (χ0v) is 21.6. The lowest BCUT2D eigenvalue weighted by Crippen LogP contribution is -2.33. The van der Waals surface area contributed by atoms with E-state index in [9.17, 15) is 9.18 Å². The highest BCUT2D eigenvalue weighted by Gasteiger charge is 2.15. The summed E-state index contributed by atoms with van der Waals surface area (Å²) >= 11 is 7.75. The van der Waals surface area contributed by atoms with Crippen molar-refractivity contribution in [2.75, 3.05) is 0 Å². The fourth-order valence-electron chi connectivity index (χ4n) is 4.02. The molecule has 5 rings (SSSR count). The van der Waals surface area contributed by atoms with Crippen LogP contribution in [0.1, 0.15) is 34.2 Å². The number of halogens is 2. The summed E-state index contributed by atoms with van der Waals surface area (Å²) in [5.41, 5.74) is 4.19.